The fraction of sp³-hybridized carbons (Fsp3) is 0.478. The fourth-order valence-electron chi connectivity index (χ4n) is 7.30. The molecular weight excluding hydrogens is 745 g/mol. The molecule has 316 valence electrons. The zero-order valence-electron chi connectivity index (χ0n) is 35.9. The number of para-hydroxylation sites is 1. The van der Waals surface area contributed by atoms with E-state index < -0.39 is 29.1 Å². The molecule has 3 aromatic carbocycles. The number of ether oxygens (including phenoxy) is 1. The maximum atomic E-state index is 13.6. The zero-order chi connectivity index (χ0) is 42.9. The van der Waals surface area contributed by atoms with E-state index >= 15 is 0 Å². The molecular formula is C46H62N8O5. The molecule has 0 radical (unpaired) electrons. The molecule has 1 aliphatic rings. The van der Waals surface area contributed by atoms with Gasteiger partial charge in [-0.15, -0.1) is 5.10 Å². The van der Waals surface area contributed by atoms with Crippen molar-refractivity contribution < 1.29 is 23.9 Å². The lowest BCUT2D eigenvalue weighted by Crippen LogP contribution is -2.54. The molecule has 4 aromatic rings. The molecule has 0 unspecified atom stereocenters. The second kappa shape index (κ2) is 19.6. The van der Waals surface area contributed by atoms with E-state index in [1.165, 1.54) is 0 Å². The zero-order valence-corrected chi connectivity index (χ0v) is 35.9. The van der Waals surface area contributed by atoms with Gasteiger partial charge in [0.1, 0.15) is 17.8 Å². The Kier molecular flexibility index (Phi) is 14.8. The van der Waals surface area contributed by atoms with Crippen LogP contribution >= 0.6 is 0 Å². The molecule has 0 bridgehead atoms. The van der Waals surface area contributed by atoms with Crippen LogP contribution in [-0.4, -0.2) is 69.5 Å². The molecule has 5 N–H and O–H groups in total. The highest BCUT2D eigenvalue weighted by Crippen LogP contribution is 2.43. The van der Waals surface area contributed by atoms with Gasteiger partial charge in [0.2, 0.25) is 23.6 Å². The first-order chi connectivity index (χ1) is 28.0. The van der Waals surface area contributed by atoms with Gasteiger partial charge in [-0.25, -0.2) is 4.68 Å². The normalized spacial score (nSPS) is 13.6. The van der Waals surface area contributed by atoms with Crippen LogP contribution in [0.15, 0.2) is 72.8 Å². The third-order valence-electron chi connectivity index (χ3n) is 11.0. The number of fused-ring (bicyclic) bond motifs is 5. The minimum Gasteiger partial charge on any atom is -0.375 e. The van der Waals surface area contributed by atoms with Gasteiger partial charge in [0.15, 0.2) is 0 Å². The van der Waals surface area contributed by atoms with Gasteiger partial charge in [-0.1, -0.05) is 79.2 Å². The Labute approximate surface area is 348 Å². The van der Waals surface area contributed by atoms with E-state index in [-0.39, 0.29) is 30.1 Å². The van der Waals surface area contributed by atoms with Crippen LogP contribution in [0.2, 0.25) is 0 Å². The summed E-state index contributed by atoms with van der Waals surface area (Å²) in [5.41, 5.74) is 11.4. The number of nitrogens with zero attached hydrogens (tertiary/aromatic N) is 4. The number of carbonyl (C=O) groups excluding carboxylic acids is 4. The second-order valence-electron chi connectivity index (χ2n) is 17.1. The Morgan fingerprint density at radius 1 is 0.864 bits per heavy atom. The van der Waals surface area contributed by atoms with Gasteiger partial charge in [-0.3, -0.25) is 19.2 Å². The maximum Gasteiger partial charge on any atom is 0.246 e. The van der Waals surface area contributed by atoms with Gasteiger partial charge in [0.25, 0.3) is 0 Å². The number of nitrogens with two attached hydrogens (primary N) is 1. The number of rotatable bonds is 18. The number of aryl methyl sites for hydroxylation is 1. The van der Waals surface area contributed by atoms with Crippen molar-refractivity contribution in [1.82, 2.24) is 25.6 Å². The summed E-state index contributed by atoms with van der Waals surface area (Å²) in [6.07, 6.45) is 2.96. The van der Waals surface area contributed by atoms with Crippen molar-refractivity contribution in [3.8, 4) is 22.5 Å². The highest BCUT2D eigenvalue weighted by Gasteiger charge is 2.34. The highest BCUT2D eigenvalue weighted by atomic mass is 16.5. The number of aromatic nitrogens is 3. The van der Waals surface area contributed by atoms with E-state index in [1.54, 1.807) is 11.8 Å². The van der Waals surface area contributed by atoms with Crippen LogP contribution in [0.1, 0.15) is 98.1 Å². The molecule has 1 aromatic heterocycles. The molecule has 0 saturated heterocycles. The number of amides is 4. The summed E-state index contributed by atoms with van der Waals surface area (Å²) in [7, 11) is 0. The van der Waals surface area contributed by atoms with Crippen molar-refractivity contribution in [3.05, 3.63) is 83.9 Å². The molecule has 59 heavy (non-hydrogen) atoms. The molecule has 4 amide bonds. The topological polar surface area (TPSA) is 174 Å². The highest BCUT2D eigenvalue weighted by molar-refractivity contribution is 6.00. The van der Waals surface area contributed by atoms with Gasteiger partial charge >= 0.3 is 0 Å². The molecule has 1 aliphatic heterocycles. The molecule has 2 heterocycles. The maximum absolute atomic E-state index is 13.6. The van der Waals surface area contributed by atoms with E-state index in [0.29, 0.717) is 56.8 Å². The van der Waals surface area contributed by atoms with Crippen molar-refractivity contribution in [1.29, 1.82) is 0 Å². The van der Waals surface area contributed by atoms with Crippen molar-refractivity contribution in [3.63, 3.8) is 0 Å². The Hall–Kier alpha value is -5.40. The minimum atomic E-state index is -0.832. The Morgan fingerprint density at radius 3 is 2.22 bits per heavy atom. The summed E-state index contributed by atoms with van der Waals surface area (Å²) in [5, 5.41) is 18.2. The molecule has 13 nitrogen and oxygen atoms in total. The lowest BCUT2D eigenvalue weighted by Gasteiger charge is -2.32. The van der Waals surface area contributed by atoms with Crippen molar-refractivity contribution in [2.45, 2.75) is 124 Å². The first-order valence-electron chi connectivity index (χ1n) is 20.7. The summed E-state index contributed by atoms with van der Waals surface area (Å²) in [4.78, 5) is 54.9. The predicted octanol–water partition coefficient (Wildman–Crippen LogP) is 6.88. The van der Waals surface area contributed by atoms with Gasteiger partial charge in [-0.2, -0.15) is 0 Å². The summed E-state index contributed by atoms with van der Waals surface area (Å²) in [6.45, 7) is 16.7. The minimum absolute atomic E-state index is 0.0515. The number of carbonyl (C=O) groups is 4. The fourth-order valence-corrected chi connectivity index (χ4v) is 7.30. The summed E-state index contributed by atoms with van der Waals surface area (Å²) < 4.78 is 8.40. The molecule has 5 rings (SSSR count). The Morgan fingerprint density at radius 2 is 1.54 bits per heavy atom. The largest absolute Gasteiger partial charge is 0.375 e. The van der Waals surface area contributed by atoms with Crippen LogP contribution < -0.4 is 26.6 Å². The molecule has 0 aliphatic carbocycles. The SMILES string of the molecule is CC(=O)N1Cc2ccccc2-c2c(nnn2C(C)(C)CCOC(C)(C)CCC(=O)N[C@H](C(=O)N[C@@H](CCCCN)C(=O)Nc2ccc(C)cc2)C(C)C)-c2ccccc21. The third-order valence-corrected chi connectivity index (χ3v) is 11.0. The number of hydrogen-bond acceptors (Lipinski definition) is 8. The number of hydrogen-bond donors (Lipinski definition) is 4. The second-order valence-corrected chi connectivity index (χ2v) is 17.1. The third kappa shape index (κ3) is 11.4. The molecule has 0 saturated carbocycles. The smallest absolute Gasteiger partial charge is 0.246 e. The Bertz CT molecular complexity index is 2090. The predicted molar refractivity (Wildman–Crippen MR) is 232 cm³/mol. The van der Waals surface area contributed by atoms with Crippen LogP contribution in [0.3, 0.4) is 0 Å². The van der Waals surface area contributed by atoms with Crippen LogP contribution in [0.25, 0.3) is 22.5 Å². The van der Waals surface area contributed by atoms with Crippen LogP contribution in [-0.2, 0) is 36.0 Å². The quantitative estimate of drug-likeness (QED) is 0.0788. The number of unbranched alkanes of at least 4 members (excludes halogenated alkanes) is 1. The van der Waals surface area contributed by atoms with Gasteiger partial charge < -0.3 is 31.3 Å². The first kappa shape index (κ1) is 44.7. The van der Waals surface area contributed by atoms with Crippen LogP contribution in [0.4, 0.5) is 11.4 Å². The lowest BCUT2D eigenvalue weighted by molar-refractivity contribution is -0.132. The molecule has 2 atom stereocenters. The number of nitrogens with one attached hydrogen (secondary N) is 3. The summed E-state index contributed by atoms with van der Waals surface area (Å²) >= 11 is 0. The number of anilines is 2. The average molecular weight is 807 g/mol. The summed E-state index contributed by atoms with van der Waals surface area (Å²) in [5.74, 6) is -1.28. The van der Waals surface area contributed by atoms with Crippen molar-refractivity contribution in [2.75, 3.05) is 23.4 Å². The van der Waals surface area contributed by atoms with E-state index in [4.69, 9.17) is 20.8 Å². The van der Waals surface area contributed by atoms with E-state index in [1.807, 2.05) is 106 Å². The first-order valence-corrected chi connectivity index (χ1v) is 20.7. The standard InChI is InChI=1S/C46H62N8O5/c1-30(2)40(44(58)49-37(18-13-14-27-47)43(57)48-34-22-20-31(3)21-23-34)50-39(56)24-25-46(7,8)59-28-26-45(5,6)54-42-35-16-10-9-15-33(35)29-53(32(4)55)38-19-12-11-17-36(38)41(42)51-52-54/h9-12,15-17,19-23,30,37,40H,13-14,18,24-29,47H2,1-8H3,(H,48,57)(H,49,58)(H,50,56)/t37-,40-/m0/s1. The molecule has 0 fully saturated rings. The van der Waals surface area contributed by atoms with Crippen LogP contribution in [0, 0.1) is 12.8 Å². The molecule has 13 heteroatoms. The molecule has 0 spiro atoms. The average Bonchev–Trinajstić information content (AvgIpc) is 3.63. The van der Waals surface area contributed by atoms with E-state index in [2.05, 4.69) is 35.9 Å². The van der Waals surface area contributed by atoms with Crippen LogP contribution in [0.5, 0.6) is 0 Å². The summed E-state index contributed by atoms with van der Waals surface area (Å²) in [6, 6.07) is 21.7. The monoisotopic (exact) mass is 806 g/mol. The van der Waals surface area contributed by atoms with E-state index in [9.17, 15) is 19.2 Å². The Balaban J connectivity index is 1.21. The van der Waals surface area contributed by atoms with Gasteiger partial charge in [0.05, 0.1) is 29.1 Å². The van der Waals surface area contributed by atoms with Crippen molar-refractivity contribution >= 4 is 35.0 Å². The van der Waals surface area contributed by atoms with Crippen molar-refractivity contribution in [2.24, 2.45) is 11.7 Å². The lowest BCUT2D eigenvalue weighted by atomic mass is 9.93. The van der Waals surface area contributed by atoms with Gasteiger partial charge in [-0.05, 0) is 103 Å². The number of benzene rings is 3. The van der Waals surface area contributed by atoms with Gasteiger partial charge in [0, 0.05) is 36.8 Å². The van der Waals surface area contributed by atoms with E-state index in [0.717, 1.165) is 40.1 Å².